The van der Waals surface area contributed by atoms with Gasteiger partial charge in [-0.15, -0.1) is 0 Å². The predicted octanol–water partition coefficient (Wildman–Crippen LogP) is 2.21. The third-order valence-corrected chi connectivity index (χ3v) is 11.8. The molecule has 0 spiro atoms. The van der Waals surface area contributed by atoms with E-state index in [0.717, 1.165) is 12.8 Å². The van der Waals surface area contributed by atoms with Crippen LogP contribution in [-0.2, 0) is 29.0 Å². The number of rotatable bonds is 13. The summed E-state index contributed by atoms with van der Waals surface area (Å²) in [6.45, 7) is 8.32. The average molecular weight is 662 g/mol. The zero-order valence-electron chi connectivity index (χ0n) is 36.8. The number of hydrogen-bond donors (Lipinski definition) is 4. The number of piperidine rings is 1. The van der Waals surface area contributed by atoms with Crippen molar-refractivity contribution in [3.8, 4) is 0 Å². The Morgan fingerprint density at radius 2 is 1.69 bits per heavy atom. The van der Waals surface area contributed by atoms with E-state index in [9.17, 15) is 32.4 Å². The normalized spacial score (nSPS) is 34.7. The number of hydrogen-bond acceptors (Lipinski definition) is 7. The molecule has 0 unspecified atom stereocenters. The van der Waals surface area contributed by atoms with Crippen LogP contribution in [-0.4, -0.2) is 90.1 Å². The van der Waals surface area contributed by atoms with Crippen LogP contribution >= 0.6 is 0 Å². The van der Waals surface area contributed by atoms with Crippen LogP contribution in [0.2, 0.25) is 0 Å². The topological polar surface area (TPSA) is 171 Å². The summed E-state index contributed by atoms with van der Waals surface area (Å²) in [6.07, 6.45) is -16.8. The molecule has 254 valence electrons. The van der Waals surface area contributed by atoms with Gasteiger partial charge >= 0.3 is 6.03 Å². The van der Waals surface area contributed by atoms with Gasteiger partial charge in [-0.2, -0.15) is 0 Å². The van der Waals surface area contributed by atoms with Crippen LogP contribution in [0.3, 0.4) is 0 Å². The summed E-state index contributed by atoms with van der Waals surface area (Å²) in [6, 6.07) is -3.99. The van der Waals surface area contributed by atoms with Gasteiger partial charge in [-0.25, -0.2) is 13.2 Å². The van der Waals surface area contributed by atoms with Crippen molar-refractivity contribution in [1.82, 2.24) is 26.2 Å². The van der Waals surface area contributed by atoms with Crippen molar-refractivity contribution >= 4 is 39.4 Å². The summed E-state index contributed by atoms with van der Waals surface area (Å²) in [7, 11) is -4.73. The highest BCUT2D eigenvalue weighted by molar-refractivity contribution is 7.92. The zero-order chi connectivity index (χ0) is 42.3. The summed E-state index contributed by atoms with van der Waals surface area (Å²) in [4.78, 5) is 68.0. The number of carbonyl (C=O) groups excluding carboxylic acids is 5. The molecule has 1 aliphatic heterocycles. The Morgan fingerprint density at radius 3 is 2.27 bits per heavy atom. The zero-order valence-corrected chi connectivity index (χ0v) is 27.6. The molecule has 12 nitrogen and oxygen atoms in total. The molecule has 13 heteroatoms. The number of amides is 5. The first kappa shape index (κ1) is 23.6. The van der Waals surface area contributed by atoms with Crippen LogP contribution in [0.4, 0.5) is 4.79 Å². The molecule has 4 fully saturated rings. The van der Waals surface area contributed by atoms with Crippen LogP contribution < -0.4 is 21.3 Å². The van der Waals surface area contributed by atoms with Crippen LogP contribution in [0.1, 0.15) is 119 Å². The average Bonchev–Trinajstić information content (AvgIpc) is 3.90. The lowest BCUT2D eigenvalue weighted by Crippen LogP contribution is -2.59. The van der Waals surface area contributed by atoms with E-state index in [-0.39, 0.29) is 36.3 Å². The summed E-state index contributed by atoms with van der Waals surface area (Å²) in [5, 5.41) is 9.21. The Bertz CT molecular complexity index is 1690. The van der Waals surface area contributed by atoms with E-state index >= 15 is 0 Å². The number of urea groups is 1. The Kier molecular flexibility index (Phi) is 6.92. The van der Waals surface area contributed by atoms with Gasteiger partial charge in [-0.05, 0) is 70.0 Å². The number of Topliss-reactive ketones (excluding diaryl/α,β-unsaturated/α-hetero) is 1. The monoisotopic (exact) mass is 661 g/mol. The molecule has 4 aliphatic rings. The van der Waals surface area contributed by atoms with E-state index in [4.69, 9.17) is 13.7 Å². The van der Waals surface area contributed by atoms with E-state index < -0.39 is 106 Å². The third-order valence-electron chi connectivity index (χ3n) is 9.16. The molecule has 0 radical (unpaired) electrons. The highest BCUT2D eigenvalue weighted by Crippen LogP contribution is 2.64. The molecule has 4 N–H and O–H groups in total. The molecule has 0 aromatic heterocycles. The molecule has 3 saturated carbocycles. The fourth-order valence-corrected chi connectivity index (χ4v) is 7.15. The first-order valence-corrected chi connectivity index (χ1v) is 17.1. The molecule has 4 rings (SSSR count). The Morgan fingerprint density at radius 1 is 1.04 bits per heavy atom. The molecular weight excluding hydrogens is 598 g/mol. The number of ketones is 1. The molecule has 5 amide bonds. The second-order valence-corrected chi connectivity index (χ2v) is 16.7. The van der Waals surface area contributed by atoms with Gasteiger partial charge in [0.2, 0.25) is 17.6 Å². The highest BCUT2D eigenvalue weighted by Gasteiger charge is 2.69. The SMILES string of the molecule is [2H]C1([2H])C([2H])([2H])C([2H])([2H])C(CS(=O)(=O)C(C)(C)C)(NC(=O)NCC(=O)N2C[C@H]3[C@@H]([C@H]2C(=O)N[C@@H](CCCC)C(=O)C(=O)NC2CC2)C3(C)C)C([2H])([2H])C1([2H])[2H]. The van der Waals surface area contributed by atoms with Crippen molar-refractivity contribution in [2.45, 2.75) is 134 Å². The number of likely N-dealkylation sites (tertiary alicyclic amines) is 1. The maximum absolute atomic E-state index is 13.9. The number of nitrogens with zero attached hydrogens (tertiary/aromatic N) is 1. The number of unbranched alkanes of at least 4 members (excludes halogenated alkanes) is 1. The molecule has 0 bridgehead atoms. The van der Waals surface area contributed by atoms with Crippen LogP contribution in [0.25, 0.3) is 0 Å². The summed E-state index contributed by atoms with van der Waals surface area (Å²) in [5.74, 6) is -5.41. The van der Waals surface area contributed by atoms with E-state index in [1.165, 1.54) is 25.7 Å². The largest absolute Gasteiger partial charge is 0.347 e. The van der Waals surface area contributed by atoms with E-state index in [1.807, 2.05) is 26.1 Å². The second-order valence-electron chi connectivity index (χ2n) is 14.0. The van der Waals surface area contributed by atoms with Crippen LogP contribution in [0, 0.1) is 17.3 Å². The number of fused-ring (bicyclic) bond motifs is 1. The Hall–Kier alpha value is -2.70. The molecule has 3 aliphatic carbocycles. The molecule has 0 aromatic carbocycles. The third kappa shape index (κ3) is 8.00. The molecule has 1 saturated heterocycles. The minimum atomic E-state index is -4.73. The number of carbonyl (C=O) groups is 5. The van der Waals surface area contributed by atoms with Crippen molar-refractivity contribution in [2.24, 2.45) is 17.3 Å². The molecule has 45 heavy (non-hydrogen) atoms. The van der Waals surface area contributed by atoms with Crippen molar-refractivity contribution in [1.29, 1.82) is 0 Å². The standard InChI is InChI=1S/C32H53N5O7S/c1-7-8-12-22(26(39)28(41)34-20-13-14-20)35-27(40)25-24-21(31(24,5)6)18-37(25)23(38)17-33-29(42)36-32(15-10-9-11-16-32)19-45(43,44)30(2,3)4/h20-22,24-25H,7-19H2,1-6H3,(H,34,41)(H,35,40)(H2,33,36,42)/t21-,22-,24-,25-/m0/s1/i9D2,10D2,11D2,15D2,16D2. The minimum Gasteiger partial charge on any atom is -0.347 e. The van der Waals surface area contributed by atoms with Gasteiger partial charge in [-0.3, -0.25) is 19.2 Å². The molecule has 1 heterocycles. The maximum atomic E-state index is 13.9. The Labute approximate surface area is 281 Å². The maximum Gasteiger partial charge on any atom is 0.315 e. The lowest BCUT2D eigenvalue weighted by Gasteiger charge is -2.39. The fraction of sp³-hybridized carbons (Fsp3) is 0.844. The van der Waals surface area contributed by atoms with Gasteiger partial charge in [-0.1, -0.05) is 52.7 Å². The number of nitrogens with one attached hydrogen (secondary N) is 4. The fourth-order valence-electron chi connectivity index (χ4n) is 5.93. The Balaban J connectivity index is 1.61. The van der Waals surface area contributed by atoms with Gasteiger partial charge in [0, 0.05) is 26.3 Å². The first-order chi connectivity index (χ1) is 24.7. The predicted molar refractivity (Wildman–Crippen MR) is 170 cm³/mol. The van der Waals surface area contributed by atoms with Gasteiger partial charge in [0.25, 0.3) is 5.91 Å². The second kappa shape index (κ2) is 13.2. The minimum absolute atomic E-state index is 0.0575. The van der Waals surface area contributed by atoms with Crippen LogP contribution in [0.15, 0.2) is 0 Å². The van der Waals surface area contributed by atoms with E-state index in [1.54, 1.807) is 0 Å². The molecule has 0 aromatic rings. The summed E-state index contributed by atoms with van der Waals surface area (Å²) >= 11 is 0. The van der Waals surface area contributed by atoms with Gasteiger partial charge < -0.3 is 26.2 Å². The molecule has 4 atom stereocenters. The summed E-state index contributed by atoms with van der Waals surface area (Å²) in [5.41, 5.74) is -4.01. The lowest BCUT2D eigenvalue weighted by molar-refractivity contribution is -0.143. The quantitative estimate of drug-likeness (QED) is 0.219. The van der Waals surface area contributed by atoms with Crippen LogP contribution in [0.5, 0.6) is 0 Å². The summed E-state index contributed by atoms with van der Waals surface area (Å²) < 4.78 is 110. The van der Waals surface area contributed by atoms with Crippen molar-refractivity contribution in [3.63, 3.8) is 0 Å². The van der Waals surface area contributed by atoms with Crippen molar-refractivity contribution in [3.05, 3.63) is 0 Å². The highest BCUT2D eigenvalue weighted by atomic mass is 32.2. The van der Waals surface area contributed by atoms with Gasteiger partial charge in [0.1, 0.15) is 6.04 Å². The first-order valence-electron chi connectivity index (χ1n) is 20.4. The number of sulfone groups is 1. The van der Waals surface area contributed by atoms with Gasteiger partial charge in [0.15, 0.2) is 9.84 Å². The van der Waals surface area contributed by atoms with E-state index in [0.29, 0.717) is 12.8 Å². The molecular formula is C32H53N5O7S. The van der Waals surface area contributed by atoms with Crippen molar-refractivity contribution < 1.29 is 46.1 Å². The van der Waals surface area contributed by atoms with Crippen molar-refractivity contribution in [2.75, 3.05) is 18.8 Å². The smallest absolute Gasteiger partial charge is 0.315 e. The van der Waals surface area contributed by atoms with E-state index in [2.05, 4.69) is 16.0 Å². The lowest BCUT2D eigenvalue weighted by atomic mass is 9.83. The van der Waals surface area contributed by atoms with Gasteiger partial charge in [0.05, 0.1) is 28.6 Å².